The maximum absolute atomic E-state index is 6.90. The monoisotopic (exact) mass is 682 g/mol. The molecule has 0 fully saturated rings. The predicted molar refractivity (Wildman–Crippen MR) is 217 cm³/mol. The molecule has 2 aliphatic rings. The first kappa shape index (κ1) is 30.0. The molecule has 9 aromatic rings. The Hall–Kier alpha value is -6.72. The van der Waals surface area contributed by atoms with Gasteiger partial charge < -0.3 is 14.3 Å². The minimum absolute atomic E-state index is 0.117. The summed E-state index contributed by atoms with van der Waals surface area (Å²) in [6.45, 7) is 4.69. The van der Waals surface area contributed by atoms with E-state index in [-0.39, 0.29) is 11.6 Å². The van der Waals surface area contributed by atoms with E-state index in [9.17, 15) is 0 Å². The number of rotatable bonds is 4. The summed E-state index contributed by atoms with van der Waals surface area (Å²) in [4.78, 5) is 10.4. The van der Waals surface area contributed by atoms with Gasteiger partial charge in [0.2, 0.25) is 0 Å². The van der Waals surface area contributed by atoms with Crippen molar-refractivity contribution >= 4 is 55.4 Å². The Balaban J connectivity index is 1.15. The fourth-order valence-electron chi connectivity index (χ4n) is 8.74. The van der Waals surface area contributed by atoms with Crippen molar-refractivity contribution < 1.29 is 4.42 Å². The lowest BCUT2D eigenvalue weighted by molar-refractivity contribution is 0.660. The van der Waals surface area contributed by atoms with E-state index in [1.54, 1.807) is 0 Å². The Kier molecular flexibility index (Phi) is 6.30. The average molecular weight is 683 g/mol. The molecule has 1 atom stereocenters. The summed E-state index contributed by atoms with van der Waals surface area (Å²) >= 11 is 0. The van der Waals surface area contributed by atoms with Gasteiger partial charge >= 0.3 is 0 Å². The molecule has 53 heavy (non-hydrogen) atoms. The quantitative estimate of drug-likeness (QED) is 0.201. The van der Waals surface area contributed by atoms with Gasteiger partial charge in [-0.15, -0.1) is 0 Å². The molecule has 5 heteroatoms. The zero-order valence-corrected chi connectivity index (χ0v) is 29.3. The minimum Gasteiger partial charge on any atom is -0.454 e. The molecule has 7 aromatic carbocycles. The molecule has 252 valence electrons. The van der Waals surface area contributed by atoms with E-state index in [1.807, 2.05) is 30.3 Å². The Labute approximate surface area is 306 Å². The van der Waals surface area contributed by atoms with Crippen LogP contribution in [0.3, 0.4) is 0 Å². The summed E-state index contributed by atoms with van der Waals surface area (Å²) in [5.74, 6) is 1.46. The van der Waals surface area contributed by atoms with E-state index in [0.29, 0.717) is 5.84 Å². The molecular weight excluding hydrogens is 649 g/mol. The van der Waals surface area contributed by atoms with Gasteiger partial charge in [-0.1, -0.05) is 141 Å². The van der Waals surface area contributed by atoms with Crippen LogP contribution in [0.1, 0.15) is 47.8 Å². The highest BCUT2D eigenvalue weighted by Gasteiger charge is 2.36. The van der Waals surface area contributed by atoms with Crippen LogP contribution in [-0.2, 0) is 5.41 Å². The summed E-state index contributed by atoms with van der Waals surface area (Å²) in [5.41, 5.74) is 13.2. The summed E-state index contributed by atoms with van der Waals surface area (Å²) in [6.07, 6.45) is -0.294. The van der Waals surface area contributed by atoms with Gasteiger partial charge in [0, 0.05) is 38.1 Å². The highest BCUT2D eigenvalue weighted by atomic mass is 16.3. The summed E-state index contributed by atoms with van der Waals surface area (Å²) in [5, 5.41) is 8.08. The largest absolute Gasteiger partial charge is 0.454 e. The smallest absolute Gasteiger partial charge is 0.160 e. The number of aliphatic imine (C=N–C) groups is 2. The van der Waals surface area contributed by atoms with Gasteiger partial charge in [-0.25, -0.2) is 9.98 Å². The number of fused-ring (bicyclic) bond motifs is 9. The van der Waals surface area contributed by atoms with Gasteiger partial charge in [-0.3, -0.25) is 0 Å². The number of nitrogens with zero attached hydrogens (tertiary/aromatic N) is 3. The first-order valence-corrected chi connectivity index (χ1v) is 18.2. The van der Waals surface area contributed by atoms with Gasteiger partial charge in [-0.05, 0) is 58.1 Å². The Morgan fingerprint density at radius 1 is 0.604 bits per heavy atom. The highest BCUT2D eigenvalue weighted by molar-refractivity contribution is 6.23. The predicted octanol–water partition coefficient (Wildman–Crippen LogP) is 11.5. The van der Waals surface area contributed by atoms with Crippen molar-refractivity contribution in [1.82, 2.24) is 9.88 Å². The maximum atomic E-state index is 6.90. The highest BCUT2D eigenvalue weighted by Crippen LogP contribution is 2.51. The van der Waals surface area contributed by atoms with Gasteiger partial charge in [0.25, 0.3) is 0 Å². The van der Waals surface area contributed by atoms with E-state index < -0.39 is 0 Å². The van der Waals surface area contributed by atoms with Crippen LogP contribution in [0.25, 0.3) is 60.6 Å². The van der Waals surface area contributed by atoms with Crippen LogP contribution in [0.2, 0.25) is 0 Å². The summed E-state index contributed by atoms with van der Waals surface area (Å²) < 4.78 is 9.30. The van der Waals surface area contributed by atoms with Crippen molar-refractivity contribution in [3.05, 3.63) is 186 Å². The topological polar surface area (TPSA) is 54.8 Å². The Bertz CT molecular complexity index is 3000. The van der Waals surface area contributed by atoms with Crippen molar-refractivity contribution in [3.63, 3.8) is 0 Å². The summed E-state index contributed by atoms with van der Waals surface area (Å²) in [7, 11) is 0. The molecule has 0 radical (unpaired) electrons. The third-order valence-corrected chi connectivity index (χ3v) is 11.3. The van der Waals surface area contributed by atoms with Gasteiger partial charge in [0.1, 0.15) is 17.6 Å². The molecule has 1 unspecified atom stereocenters. The van der Waals surface area contributed by atoms with Crippen LogP contribution in [0.4, 0.5) is 0 Å². The molecular formula is C48H34N4O. The van der Waals surface area contributed by atoms with E-state index in [4.69, 9.17) is 14.4 Å². The van der Waals surface area contributed by atoms with E-state index >= 15 is 0 Å². The average Bonchev–Trinajstić information content (AvgIpc) is 3.83. The molecule has 0 saturated carbocycles. The normalized spacial score (nSPS) is 16.1. The standard InChI is InChI=1S/C48H34N4O/c1-48(2)37-23-11-9-19-31(37)35-27-36-32-20-10-12-24-39(32)52(41(36)28-38(35)48)40-25-13-21-33-43-34(22-14-26-42(43)53-44(33)40)47-50-45(29-15-5-3-6-16-29)49-46(51-47)30-17-7-4-8-18-30/h3-28,45H,1-2H3,(H,49,50,51). The van der Waals surface area contributed by atoms with E-state index in [0.717, 1.165) is 55.7 Å². The van der Waals surface area contributed by atoms with Crippen molar-refractivity contribution in [3.8, 4) is 16.8 Å². The van der Waals surface area contributed by atoms with Crippen molar-refractivity contribution in [2.45, 2.75) is 25.4 Å². The molecule has 0 bridgehead atoms. The number of amidine groups is 2. The number of benzene rings is 7. The minimum atomic E-state index is -0.294. The summed E-state index contributed by atoms with van der Waals surface area (Å²) in [6, 6.07) is 55.7. The fourth-order valence-corrected chi connectivity index (χ4v) is 8.74. The van der Waals surface area contributed by atoms with E-state index in [2.05, 4.69) is 151 Å². The lowest BCUT2D eigenvalue weighted by Crippen LogP contribution is -2.33. The molecule has 1 aliphatic heterocycles. The molecule has 0 saturated heterocycles. The fraction of sp³-hybridized carbons (Fsp3) is 0.0833. The molecule has 11 rings (SSSR count). The van der Waals surface area contributed by atoms with Crippen LogP contribution in [0.15, 0.2) is 172 Å². The van der Waals surface area contributed by atoms with Crippen LogP contribution in [0, 0.1) is 0 Å². The SMILES string of the molecule is CC1(C)c2ccccc2-c2cc3c4ccccc4n(-c4cccc5c4oc4cccc(C6=NC(c7ccccc7)NC(c7ccccc7)=N6)c45)c3cc21. The van der Waals surface area contributed by atoms with E-state index in [1.165, 1.54) is 38.5 Å². The number of para-hydroxylation sites is 2. The number of furan rings is 1. The van der Waals surface area contributed by atoms with Crippen LogP contribution < -0.4 is 5.32 Å². The number of aromatic nitrogens is 1. The number of nitrogens with one attached hydrogen (secondary N) is 1. The molecule has 0 spiro atoms. The second-order valence-corrected chi connectivity index (χ2v) is 14.6. The molecule has 3 heterocycles. The first-order chi connectivity index (χ1) is 26.0. The van der Waals surface area contributed by atoms with Gasteiger partial charge in [0.15, 0.2) is 11.4 Å². The van der Waals surface area contributed by atoms with Crippen molar-refractivity contribution in [2.24, 2.45) is 9.98 Å². The Morgan fingerprint density at radius 3 is 2.19 bits per heavy atom. The second-order valence-electron chi connectivity index (χ2n) is 14.6. The van der Waals surface area contributed by atoms with Crippen molar-refractivity contribution in [2.75, 3.05) is 0 Å². The molecule has 1 N–H and O–H groups in total. The maximum Gasteiger partial charge on any atom is 0.160 e. The first-order valence-electron chi connectivity index (χ1n) is 18.2. The molecule has 2 aromatic heterocycles. The number of hydrogen-bond acceptors (Lipinski definition) is 4. The number of hydrogen-bond donors (Lipinski definition) is 1. The zero-order chi connectivity index (χ0) is 35.3. The van der Waals surface area contributed by atoms with Gasteiger partial charge in [0.05, 0.1) is 16.7 Å². The lowest BCUT2D eigenvalue weighted by atomic mass is 9.82. The molecule has 1 aliphatic carbocycles. The third-order valence-electron chi connectivity index (χ3n) is 11.3. The van der Waals surface area contributed by atoms with Crippen LogP contribution >= 0.6 is 0 Å². The van der Waals surface area contributed by atoms with Crippen LogP contribution in [0.5, 0.6) is 0 Å². The lowest BCUT2D eigenvalue weighted by Gasteiger charge is -2.23. The Morgan fingerprint density at radius 2 is 1.32 bits per heavy atom. The molecule has 5 nitrogen and oxygen atoms in total. The van der Waals surface area contributed by atoms with Crippen LogP contribution in [-0.4, -0.2) is 16.2 Å². The van der Waals surface area contributed by atoms with Crippen molar-refractivity contribution in [1.29, 1.82) is 0 Å². The zero-order valence-electron chi connectivity index (χ0n) is 29.3. The third kappa shape index (κ3) is 4.37. The van der Waals surface area contributed by atoms with Gasteiger partial charge in [-0.2, -0.15) is 0 Å². The molecule has 0 amide bonds. The second kappa shape index (κ2) is 11.1.